The lowest BCUT2D eigenvalue weighted by molar-refractivity contribution is 0.0692. The van der Waals surface area contributed by atoms with Crippen LogP contribution in [0.3, 0.4) is 0 Å². The molecular formula is C24H26N2O2S. The molecule has 0 saturated heterocycles. The first-order valence-corrected chi connectivity index (χ1v) is 10.6. The second-order valence-corrected chi connectivity index (χ2v) is 8.29. The summed E-state index contributed by atoms with van der Waals surface area (Å²) in [5.74, 6) is 0.650. The van der Waals surface area contributed by atoms with Crippen LogP contribution >= 0.6 is 12.2 Å². The zero-order valence-electron chi connectivity index (χ0n) is 17.0. The summed E-state index contributed by atoms with van der Waals surface area (Å²) in [5, 5.41) is 0. The highest BCUT2D eigenvalue weighted by molar-refractivity contribution is 7.82. The van der Waals surface area contributed by atoms with Gasteiger partial charge in [-0.25, -0.2) is 0 Å². The van der Waals surface area contributed by atoms with Crippen molar-refractivity contribution in [1.82, 2.24) is 4.90 Å². The number of rotatable bonds is 3. The normalized spacial score (nSPS) is 18.5. The zero-order chi connectivity index (χ0) is 20.4. The van der Waals surface area contributed by atoms with Crippen molar-refractivity contribution in [3.05, 3.63) is 65.2 Å². The van der Waals surface area contributed by atoms with E-state index in [9.17, 15) is 4.79 Å². The lowest BCUT2D eigenvalue weighted by Crippen LogP contribution is -2.49. The van der Waals surface area contributed by atoms with Gasteiger partial charge in [-0.05, 0) is 62.9 Å². The zero-order valence-corrected chi connectivity index (χ0v) is 17.8. The Hall–Kier alpha value is -2.53. The molecule has 0 aromatic heterocycles. The van der Waals surface area contributed by atoms with Gasteiger partial charge in [-0.15, -0.1) is 0 Å². The molecule has 150 valence electrons. The summed E-state index contributed by atoms with van der Waals surface area (Å²) in [6.07, 6.45) is 6.16. The summed E-state index contributed by atoms with van der Waals surface area (Å²) in [6.45, 7) is 2.06. The summed E-state index contributed by atoms with van der Waals surface area (Å²) in [5.41, 5.74) is 2.96. The van der Waals surface area contributed by atoms with E-state index < -0.39 is 5.66 Å². The first-order chi connectivity index (χ1) is 14.0. The molecule has 1 spiro atoms. The third-order valence-corrected chi connectivity index (χ3v) is 6.25. The standard InChI is InChI=1S/C24H26N2O2S/c1-17-8-7-9-19(16-17)21-23(29)26(24(25-21)14-5-3-4-6-15-24)22(27)18-10-12-20(28-2)13-11-18/h7-13,16H,3-6,14-15H2,1-2H3. The lowest BCUT2D eigenvalue weighted by Gasteiger charge is -2.35. The van der Waals surface area contributed by atoms with Gasteiger partial charge in [-0.3, -0.25) is 14.7 Å². The minimum Gasteiger partial charge on any atom is -0.497 e. The maximum atomic E-state index is 13.6. The van der Waals surface area contributed by atoms with Crippen LogP contribution < -0.4 is 4.74 Å². The largest absolute Gasteiger partial charge is 0.497 e. The van der Waals surface area contributed by atoms with Crippen molar-refractivity contribution in [3.63, 3.8) is 0 Å². The Morgan fingerprint density at radius 1 is 1.07 bits per heavy atom. The van der Waals surface area contributed by atoms with Gasteiger partial charge in [0.25, 0.3) is 5.91 Å². The Balaban J connectivity index is 1.76. The topological polar surface area (TPSA) is 41.9 Å². The Kier molecular flexibility index (Phi) is 5.50. The molecule has 1 aliphatic heterocycles. The van der Waals surface area contributed by atoms with E-state index in [-0.39, 0.29) is 5.91 Å². The average Bonchev–Trinajstić information content (AvgIpc) is 2.86. The molecule has 29 heavy (non-hydrogen) atoms. The van der Waals surface area contributed by atoms with Crippen molar-refractivity contribution in [1.29, 1.82) is 0 Å². The van der Waals surface area contributed by atoms with Crippen LogP contribution in [-0.2, 0) is 0 Å². The number of hydrogen-bond acceptors (Lipinski definition) is 4. The number of nitrogens with zero attached hydrogens (tertiary/aromatic N) is 2. The first-order valence-electron chi connectivity index (χ1n) is 10.2. The fourth-order valence-corrected chi connectivity index (χ4v) is 4.77. The molecule has 4 rings (SSSR count). The molecule has 1 fully saturated rings. The van der Waals surface area contributed by atoms with Crippen LogP contribution in [0, 0.1) is 6.92 Å². The Bertz CT molecular complexity index is 957. The van der Waals surface area contributed by atoms with Gasteiger partial charge < -0.3 is 4.74 Å². The Morgan fingerprint density at radius 2 is 1.76 bits per heavy atom. The predicted molar refractivity (Wildman–Crippen MR) is 120 cm³/mol. The SMILES string of the molecule is COc1ccc(C(=O)N2C(=S)C(c3cccc(C)c3)=NC23CCCCCC3)cc1. The molecule has 0 radical (unpaired) electrons. The first kappa shape index (κ1) is 19.8. The maximum Gasteiger partial charge on any atom is 0.260 e. The average molecular weight is 407 g/mol. The quantitative estimate of drug-likeness (QED) is 0.647. The molecule has 4 nitrogen and oxygen atoms in total. The second kappa shape index (κ2) is 8.07. The number of thiocarbonyl (C=S) groups is 1. The maximum absolute atomic E-state index is 13.6. The van der Waals surface area contributed by atoms with Crippen LogP contribution in [0.25, 0.3) is 0 Å². The minimum atomic E-state index is -0.566. The number of aliphatic imine (C=N–C) groups is 1. The number of carbonyl (C=O) groups excluding carboxylic acids is 1. The second-order valence-electron chi connectivity index (χ2n) is 7.90. The number of methoxy groups -OCH3 is 1. The van der Waals surface area contributed by atoms with Crippen LogP contribution in [-0.4, -0.2) is 34.3 Å². The Morgan fingerprint density at radius 3 is 2.38 bits per heavy atom. The van der Waals surface area contributed by atoms with Crippen LogP contribution in [0.15, 0.2) is 53.5 Å². The number of amides is 1. The van der Waals surface area contributed by atoms with Crippen molar-refractivity contribution in [2.24, 2.45) is 4.99 Å². The third-order valence-electron chi connectivity index (χ3n) is 5.88. The fraction of sp³-hybridized carbons (Fsp3) is 0.375. The van der Waals surface area contributed by atoms with E-state index in [4.69, 9.17) is 21.9 Å². The van der Waals surface area contributed by atoms with E-state index in [0.717, 1.165) is 48.3 Å². The molecule has 2 aliphatic rings. The summed E-state index contributed by atoms with van der Waals surface area (Å²) in [4.78, 5) is 21.1. The molecule has 5 heteroatoms. The monoisotopic (exact) mass is 406 g/mol. The molecule has 0 N–H and O–H groups in total. The minimum absolute atomic E-state index is 0.0778. The van der Waals surface area contributed by atoms with Gasteiger partial charge >= 0.3 is 0 Å². The molecule has 2 aromatic carbocycles. The molecule has 0 atom stereocenters. The van der Waals surface area contributed by atoms with Gasteiger partial charge in [0.05, 0.1) is 7.11 Å². The lowest BCUT2D eigenvalue weighted by atomic mass is 9.99. The van der Waals surface area contributed by atoms with Crippen molar-refractivity contribution in [2.45, 2.75) is 51.1 Å². The highest BCUT2D eigenvalue weighted by atomic mass is 32.1. The highest BCUT2D eigenvalue weighted by Crippen LogP contribution is 2.40. The van der Waals surface area contributed by atoms with Crippen LogP contribution in [0.1, 0.15) is 60.0 Å². The molecular weight excluding hydrogens is 380 g/mol. The Labute approximate surface area is 177 Å². The number of carbonyl (C=O) groups is 1. The van der Waals surface area contributed by atoms with E-state index in [1.54, 1.807) is 24.1 Å². The van der Waals surface area contributed by atoms with E-state index >= 15 is 0 Å². The van der Waals surface area contributed by atoms with Gasteiger partial charge in [-0.2, -0.15) is 0 Å². The number of hydrogen-bond donors (Lipinski definition) is 0. The van der Waals surface area contributed by atoms with Gasteiger partial charge in [-0.1, -0.05) is 48.8 Å². The van der Waals surface area contributed by atoms with Crippen LogP contribution in [0.2, 0.25) is 0 Å². The highest BCUT2D eigenvalue weighted by Gasteiger charge is 2.48. The summed E-state index contributed by atoms with van der Waals surface area (Å²) in [7, 11) is 1.62. The van der Waals surface area contributed by atoms with E-state index in [1.165, 1.54) is 12.8 Å². The number of aryl methyl sites for hydroxylation is 1. The van der Waals surface area contributed by atoms with E-state index in [1.807, 2.05) is 24.3 Å². The molecule has 1 saturated carbocycles. The van der Waals surface area contributed by atoms with E-state index in [2.05, 4.69) is 19.1 Å². The molecule has 1 aliphatic carbocycles. The van der Waals surface area contributed by atoms with Crippen molar-refractivity contribution < 1.29 is 9.53 Å². The summed E-state index contributed by atoms with van der Waals surface area (Å²) >= 11 is 5.86. The van der Waals surface area contributed by atoms with Gasteiger partial charge in [0.15, 0.2) is 0 Å². The van der Waals surface area contributed by atoms with Crippen LogP contribution in [0.4, 0.5) is 0 Å². The summed E-state index contributed by atoms with van der Waals surface area (Å²) < 4.78 is 5.23. The van der Waals surface area contributed by atoms with Crippen LogP contribution in [0.5, 0.6) is 5.75 Å². The molecule has 1 amide bonds. The fourth-order valence-electron chi connectivity index (χ4n) is 4.36. The van der Waals surface area contributed by atoms with Gasteiger partial charge in [0, 0.05) is 11.1 Å². The number of benzene rings is 2. The molecule has 0 unspecified atom stereocenters. The van der Waals surface area contributed by atoms with Crippen molar-refractivity contribution in [2.75, 3.05) is 7.11 Å². The van der Waals surface area contributed by atoms with E-state index in [0.29, 0.717) is 10.6 Å². The van der Waals surface area contributed by atoms with Gasteiger partial charge in [0.2, 0.25) is 0 Å². The van der Waals surface area contributed by atoms with Crippen molar-refractivity contribution in [3.8, 4) is 5.75 Å². The summed E-state index contributed by atoms with van der Waals surface area (Å²) in [6, 6.07) is 15.4. The van der Waals surface area contributed by atoms with Crippen molar-refractivity contribution >= 4 is 28.8 Å². The predicted octanol–water partition coefficient (Wildman–Crippen LogP) is 5.33. The smallest absolute Gasteiger partial charge is 0.260 e. The molecule has 0 bridgehead atoms. The number of ether oxygens (including phenoxy) is 1. The van der Waals surface area contributed by atoms with Gasteiger partial charge in [0.1, 0.15) is 22.1 Å². The molecule has 2 aromatic rings. The third kappa shape index (κ3) is 3.71. The molecule has 1 heterocycles.